The largest absolute Gasteiger partial charge is 0.390 e. The molecule has 2 rings (SSSR count). The molecule has 98 valence electrons. The van der Waals surface area contributed by atoms with E-state index in [1.54, 1.807) is 0 Å². The first-order valence-electron chi connectivity index (χ1n) is 6.37. The molecule has 0 radical (unpaired) electrons. The van der Waals surface area contributed by atoms with Crippen LogP contribution in [0.5, 0.6) is 0 Å². The maximum absolute atomic E-state index is 10.8. The van der Waals surface area contributed by atoms with Crippen molar-refractivity contribution in [2.45, 2.75) is 26.0 Å². The average molecular weight is 248 g/mol. The molecule has 0 aromatic heterocycles. The zero-order chi connectivity index (χ0) is 13.0. The average Bonchev–Trinajstić information content (AvgIpc) is 2.36. The Morgan fingerprint density at radius 1 is 1.44 bits per heavy atom. The van der Waals surface area contributed by atoms with Crippen LogP contribution in [0.1, 0.15) is 18.1 Å². The summed E-state index contributed by atoms with van der Waals surface area (Å²) in [6.45, 7) is 4.24. The molecule has 0 aliphatic carbocycles. The molecule has 0 bridgehead atoms. The molecule has 0 fully saturated rings. The van der Waals surface area contributed by atoms with Crippen LogP contribution in [0, 0.1) is 0 Å². The molecule has 0 saturated heterocycles. The zero-order valence-corrected chi connectivity index (χ0v) is 10.7. The molecule has 1 aliphatic rings. The molecule has 1 unspecified atom stereocenters. The second kappa shape index (κ2) is 5.98. The summed E-state index contributed by atoms with van der Waals surface area (Å²) in [5, 5.41) is 12.5. The monoisotopic (exact) mass is 248 g/mol. The number of nitrogens with zero attached hydrogens (tertiary/aromatic N) is 1. The van der Waals surface area contributed by atoms with Crippen LogP contribution in [0.25, 0.3) is 0 Å². The number of fused-ring (bicyclic) bond motifs is 1. The Hall–Kier alpha value is -1.39. The van der Waals surface area contributed by atoms with Gasteiger partial charge in [-0.1, -0.05) is 24.3 Å². The predicted molar refractivity (Wildman–Crippen MR) is 70.1 cm³/mol. The fraction of sp³-hybridized carbons (Fsp3) is 0.500. The highest BCUT2D eigenvalue weighted by Gasteiger charge is 2.18. The minimum atomic E-state index is -0.501. The van der Waals surface area contributed by atoms with Gasteiger partial charge in [0.25, 0.3) is 0 Å². The van der Waals surface area contributed by atoms with E-state index in [2.05, 4.69) is 34.5 Å². The predicted octanol–water partition coefficient (Wildman–Crippen LogP) is 0.542. The Bertz CT molecular complexity index is 420. The van der Waals surface area contributed by atoms with Crippen molar-refractivity contribution >= 4 is 5.91 Å². The van der Waals surface area contributed by atoms with E-state index in [0.717, 1.165) is 19.5 Å². The molecule has 0 spiro atoms. The molecule has 1 aromatic rings. The highest BCUT2D eigenvalue weighted by atomic mass is 16.3. The van der Waals surface area contributed by atoms with Gasteiger partial charge < -0.3 is 10.4 Å². The molecule has 1 heterocycles. The Kier molecular flexibility index (Phi) is 4.33. The fourth-order valence-corrected chi connectivity index (χ4v) is 2.33. The number of carbonyl (C=O) groups excluding carboxylic acids is 1. The molecule has 1 amide bonds. The molecule has 4 heteroatoms. The van der Waals surface area contributed by atoms with Crippen molar-refractivity contribution in [3.63, 3.8) is 0 Å². The van der Waals surface area contributed by atoms with Crippen molar-refractivity contribution in [3.8, 4) is 0 Å². The summed E-state index contributed by atoms with van der Waals surface area (Å²) >= 11 is 0. The first kappa shape index (κ1) is 13.1. The van der Waals surface area contributed by atoms with E-state index < -0.39 is 6.10 Å². The standard InChI is InChI=1S/C14H20N2O2/c1-11(17)15-8-14(18)10-16-7-6-12-4-2-3-5-13(12)9-16/h2-5,14,18H,6-10H2,1H3,(H,15,17). The van der Waals surface area contributed by atoms with E-state index in [1.165, 1.54) is 18.1 Å². The van der Waals surface area contributed by atoms with Gasteiger partial charge in [0.1, 0.15) is 0 Å². The summed E-state index contributed by atoms with van der Waals surface area (Å²) in [4.78, 5) is 13.0. The second-order valence-electron chi connectivity index (χ2n) is 4.84. The van der Waals surface area contributed by atoms with Crippen LogP contribution in [0.3, 0.4) is 0 Å². The third-order valence-corrected chi connectivity index (χ3v) is 3.27. The van der Waals surface area contributed by atoms with Gasteiger partial charge in [0.05, 0.1) is 6.10 Å². The maximum atomic E-state index is 10.8. The summed E-state index contributed by atoms with van der Waals surface area (Å²) < 4.78 is 0. The first-order chi connectivity index (χ1) is 8.65. The Balaban J connectivity index is 1.84. The molecule has 2 N–H and O–H groups in total. The van der Waals surface area contributed by atoms with E-state index in [9.17, 15) is 9.90 Å². The molecule has 1 aliphatic heterocycles. The summed E-state index contributed by atoms with van der Waals surface area (Å²) in [5.74, 6) is -0.0990. The van der Waals surface area contributed by atoms with Crippen LogP contribution in [0.15, 0.2) is 24.3 Å². The Morgan fingerprint density at radius 3 is 2.89 bits per heavy atom. The van der Waals surface area contributed by atoms with Crippen LogP contribution in [0.4, 0.5) is 0 Å². The molecule has 0 saturated carbocycles. The van der Waals surface area contributed by atoms with Gasteiger partial charge in [-0.2, -0.15) is 0 Å². The number of hydrogen-bond donors (Lipinski definition) is 2. The summed E-state index contributed by atoms with van der Waals surface area (Å²) in [6, 6.07) is 8.43. The topological polar surface area (TPSA) is 52.6 Å². The van der Waals surface area contributed by atoms with Gasteiger partial charge in [-0.25, -0.2) is 0 Å². The number of benzene rings is 1. The lowest BCUT2D eigenvalue weighted by Gasteiger charge is -2.30. The highest BCUT2D eigenvalue weighted by Crippen LogP contribution is 2.18. The summed E-state index contributed by atoms with van der Waals surface area (Å²) in [5.41, 5.74) is 2.75. The Labute approximate surface area is 108 Å². The summed E-state index contributed by atoms with van der Waals surface area (Å²) in [6.07, 6.45) is 0.530. The molecular weight excluding hydrogens is 228 g/mol. The van der Waals surface area contributed by atoms with Crippen molar-refractivity contribution in [2.75, 3.05) is 19.6 Å². The summed E-state index contributed by atoms with van der Waals surface area (Å²) in [7, 11) is 0. The van der Waals surface area contributed by atoms with E-state index in [1.807, 2.05) is 0 Å². The molecule has 1 aromatic carbocycles. The number of aliphatic hydroxyl groups is 1. The molecule has 1 atom stereocenters. The maximum Gasteiger partial charge on any atom is 0.216 e. The van der Waals surface area contributed by atoms with E-state index in [0.29, 0.717) is 13.1 Å². The van der Waals surface area contributed by atoms with Gasteiger partial charge in [-0.05, 0) is 17.5 Å². The number of rotatable bonds is 4. The lowest BCUT2D eigenvalue weighted by molar-refractivity contribution is -0.119. The van der Waals surface area contributed by atoms with Crippen molar-refractivity contribution in [1.29, 1.82) is 0 Å². The third-order valence-electron chi connectivity index (χ3n) is 3.27. The van der Waals surface area contributed by atoms with Crippen molar-refractivity contribution in [2.24, 2.45) is 0 Å². The van der Waals surface area contributed by atoms with Crippen LogP contribution < -0.4 is 5.32 Å². The van der Waals surface area contributed by atoms with Gasteiger partial charge in [0.15, 0.2) is 0 Å². The number of carbonyl (C=O) groups is 1. The lowest BCUT2D eigenvalue weighted by Crippen LogP contribution is -2.41. The number of amides is 1. The minimum Gasteiger partial charge on any atom is -0.390 e. The number of aliphatic hydroxyl groups excluding tert-OH is 1. The van der Waals surface area contributed by atoms with Crippen LogP contribution in [-0.4, -0.2) is 41.7 Å². The van der Waals surface area contributed by atoms with Crippen molar-refractivity contribution in [1.82, 2.24) is 10.2 Å². The molecule has 18 heavy (non-hydrogen) atoms. The van der Waals surface area contributed by atoms with Crippen LogP contribution in [-0.2, 0) is 17.8 Å². The highest BCUT2D eigenvalue weighted by molar-refractivity contribution is 5.72. The quantitative estimate of drug-likeness (QED) is 0.818. The van der Waals surface area contributed by atoms with E-state index >= 15 is 0 Å². The zero-order valence-electron chi connectivity index (χ0n) is 10.7. The Morgan fingerprint density at radius 2 is 2.17 bits per heavy atom. The van der Waals surface area contributed by atoms with E-state index in [-0.39, 0.29) is 5.91 Å². The molecule has 4 nitrogen and oxygen atoms in total. The van der Waals surface area contributed by atoms with Crippen molar-refractivity contribution in [3.05, 3.63) is 35.4 Å². The number of nitrogens with one attached hydrogen (secondary N) is 1. The third kappa shape index (κ3) is 3.55. The number of hydrogen-bond acceptors (Lipinski definition) is 3. The second-order valence-corrected chi connectivity index (χ2v) is 4.84. The van der Waals surface area contributed by atoms with Gasteiger partial charge in [0, 0.05) is 33.1 Å². The van der Waals surface area contributed by atoms with E-state index in [4.69, 9.17) is 0 Å². The van der Waals surface area contributed by atoms with Gasteiger partial charge >= 0.3 is 0 Å². The molecular formula is C14H20N2O2. The number of β-amino-alcohol motifs (C(OH)–C–C–N with tert-alkyl or cyclic N) is 1. The SMILES string of the molecule is CC(=O)NCC(O)CN1CCc2ccccc2C1. The van der Waals surface area contributed by atoms with Gasteiger partial charge in [0.2, 0.25) is 5.91 Å². The first-order valence-corrected chi connectivity index (χ1v) is 6.37. The van der Waals surface area contributed by atoms with Crippen LogP contribution in [0.2, 0.25) is 0 Å². The lowest BCUT2D eigenvalue weighted by atomic mass is 10.00. The van der Waals surface area contributed by atoms with Crippen molar-refractivity contribution < 1.29 is 9.90 Å². The smallest absolute Gasteiger partial charge is 0.216 e. The van der Waals surface area contributed by atoms with Crippen LogP contribution >= 0.6 is 0 Å². The van der Waals surface area contributed by atoms with Gasteiger partial charge in [-0.3, -0.25) is 9.69 Å². The fourth-order valence-electron chi connectivity index (χ4n) is 2.33. The minimum absolute atomic E-state index is 0.0990. The van der Waals surface area contributed by atoms with Gasteiger partial charge in [-0.15, -0.1) is 0 Å². The normalized spacial score (nSPS) is 17.0.